The molecular formula is C26H34N2O4. The van der Waals surface area contributed by atoms with Gasteiger partial charge >= 0.3 is 5.63 Å². The predicted molar refractivity (Wildman–Crippen MR) is 124 cm³/mol. The molecule has 3 heterocycles. The number of piperidine rings is 2. The Morgan fingerprint density at radius 1 is 1.06 bits per heavy atom. The van der Waals surface area contributed by atoms with Gasteiger partial charge in [0, 0.05) is 43.2 Å². The molecule has 172 valence electrons. The van der Waals surface area contributed by atoms with Gasteiger partial charge in [-0.3, -0.25) is 4.79 Å². The number of hydrogen-bond donors (Lipinski definition) is 0. The zero-order chi connectivity index (χ0) is 22.7. The standard InChI is InChI=1S/C26H34N2O4/c1-17(23(29)28-15-25(2)12-26(3,16-28)14-27(4)13-25)31-18-9-10-20-19-7-5-6-8-21(19)24(30)32-22(20)11-18/h9-11,17H,5-8,12-16H2,1-4H3. The van der Waals surface area contributed by atoms with Gasteiger partial charge in [-0.15, -0.1) is 0 Å². The molecule has 1 aromatic heterocycles. The van der Waals surface area contributed by atoms with Crippen molar-refractivity contribution in [3.8, 4) is 5.75 Å². The Kier molecular flexibility index (Phi) is 5.12. The molecule has 2 aliphatic heterocycles. The van der Waals surface area contributed by atoms with Crippen LogP contribution in [0.2, 0.25) is 0 Å². The smallest absolute Gasteiger partial charge is 0.339 e. The molecule has 6 heteroatoms. The lowest BCUT2D eigenvalue weighted by molar-refractivity contribution is -0.150. The number of likely N-dealkylation sites (tertiary alicyclic amines) is 2. The Morgan fingerprint density at radius 2 is 1.72 bits per heavy atom. The number of fused-ring (bicyclic) bond motifs is 5. The summed E-state index contributed by atoms with van der Waals surface area (Å²) in [5, 5.41) is 0.986. The van der Waals surface area contributed by atoms with Gasteiger partial charge in [-0.1, -0.05) is 13.8 Å². The molecule has 3 unspecified atom stereocenters. The average molecular weight is 439 g/mol. The van der Waals surface area contributed by atoms with Crippen LogP contribution in [0.15, 0.2) is 27.4 Å². The van der Waals surface area contributed by atoms with Gasteiger partial charge in [-0.25, -0.2) is 4.79 Å². The van der Waals surface area contributed by atoms with E-state index in [-0.39, 0.29) is 22.4 Å². The molecule has 1 aliphatic carbocycles. The van der Waals surface area contributed by atoms with E-state index in [1.807, 2.05) is 24.0 Å². The van der Waals surface area contributed by atoms with Crippen LogP contribution >= 0.6 is 0 Å². The number of carbonyl (C=O) groups is 1. The highest BCUT2D eigenvalue weighted by Crippen LogP contribution is 2.45. The largest absolute Gasteiger partial charge is 0.481 e. The second-order valence-corrected chi connectivity index (χ2v) is 11.1. The summed E-state index contributed by atoms with van der Waals surface area (Å²) in [5.41, 5.74) is 2.47. The lowest BCUT2D eigenvalue weighted by atomic mass is 9.65. The van der Waals surface area contributed by atoms with Gasteiger partial charge < -0.3 is 19.0 Å². The fourth-order valence-corrected chi connectivity index (χ4v) is 6.86. The molecule has 5 rings (SSSR count). The third-order valence-electron chi connectivity index (χ3n) is 7.47. The van der Waals surface area contributed by atoms with E-state index in [0.717, 1.165) is 74.8 Å². The SMILES string of the molecule is CC(Oc1ccc2c3c(c(=O)oc2c1)CCCC3)C(=O)N1CC2(C)CN(C)CC(C)(C1)C2. The maximum atomic E-state index is 13.3. The lowest BCUT2D eigenvalue weighted by Crippen LogP contribution is -2.63. The van der Waals surface area contributed by atoms with E-state index in [9.17, 15) is 9.59 Å². The maximum absolute atomic E-state index is 13.3. The molecule has 1 aromatic carbocycles. The Morgan fingerprint density at radius 3 is 2.41 bits per heavy atom. The van der Waals surface area contributed by atoms with Crippen molar-refractivity contribution in [2.75, 3.05) is 33.2 Å². The van der Waals surface area contributed by atoms with Gasteiger partial charge in [0.2, 0.25) is 0 Å². The number of nitrogens with zero attached hydrogens (tertiary/aromatic N) is 2. The first-order valence-electron chi connectivity index (χ1n) is 11.9. The summed E-state index contributed by atoms with van der Waals surface area (Å²) in [6, 6.07) is 5.62. The molecule has 6 nitrogen and oxygen atoms in total. The number of ether oxygens (including phenoxy) is 1. The molecule has 32 heavy (non-hydrogen) atoms. The number of rotatable bonds is 3. The van der Waals surface area contributed by atoms with Gasteiger partial charge in [-0.2, -0.15) is 0 Å². The number of hydrogen-bond acceptors (Lipinski definition) is 5. The van der Waals surface area contributed by atoms with Gasteiger partial charge in [0.05, 0.1) is 0 Å². The highest BCUT2D eigenvalue weighted by Gasteiger charge is 2.49. The van der Waals surface area contributed by atoms with Crippen molar-refractivity contribution in [3.05, 3.63) is 39.7 Å². The van der Waals surface area contributed by atoms with Gasteiger partial charge in [0.25, 0.3) is 5.91 Å². The molecule has 0 saturated carbocycles. The zero-order valence-electron chi connectivity index (χ0n) is 19.7. The first-order chi connectivity index (χ1) is 15.1. The van der Waals surface area contributed by atoms with E-state index in [4.69, 9.17) is 9.15 Å². The fourth-order valence-electron chi connectivity index (χ4n) is 6.86. The topological polar surface area (TPSA) is 63.0 Å². The fraction of sp³-hybridized carbons (Fsp3) is 0.615. The van der Waals surface area contributed by atoms with Crippen molar-refractivity contribution in [1.82, 2.24) is 9.80 Å². The van der Waals surface area contributed by atoms with E-state index < -0.39 is 6.10 Å². The third-order valence-corrected chi connectivity index (χ3v) is 7.47. The van der Waals surface area contributed by atoms with Crippen LogP contribution < -0.4 is 10.4 Å². The summed E-state index contributed by atoms with van der Waals surface area (Å²) in [7, 11) is 2.17. The van der Waals surface area contributed by atoms with E-state index in [1.165, 1.54) is 0 Å². The number of carbonyl (C=O) groups excluding carboxylic acids is 1. The second kappa shape index (κ2) is 7.62. The minimum absolute atomic E-state index is 0.0266. The number of amides is 1. The van der Waals surface area contributed by atoms with E-state index in [1.54, 1.807) is 6.07 Å². The van der Waals surface area contributed by atoms with Crippen LogP contribution in [0.25, 0.3) is 11.0 Å². The molecule has 2 saturated heterocycles. The van der Waals surface area contributed by atoms with Crippen LogP contribution in [0.4, 0.5) is 0 Å². The molecule has 0 N–H and O–H groups in total. The van der Waals surface area contributed by atoms with E-state index >= 15 is 0 Å². The normalized spacial score (nSPS) is 28.9. The van der Waals surface area contributed by atoms with Crippen molar-refractivity contribution in [3.63, 3.8) is 0 Å². The molecule has 1 amide bonds. The lowest BCUT2D eigenvalue weighted by Gasteiger charge is -2.56. The van der Waals surface area contributed by atoms with Gasteiger partial charge in [-0.05, 0) is 74.6 Å². The molecule has 2 aromatic rings. The predicted octanol–water partition coefficient (Wildman–Crippen LogP) is 3.63. The first kappa shape index (κ1) is 21.5. The van der Waals surface area contributed by atoms with Crippen LogP contribution in [0.1, 0.15) is 51.2 Å². The summed E-state index contributed by atoms with van der Waals surface area (Å²) < 4.78 is 11.7. The molecule has 2 fully saturated rings. The van der Waals surface area contributed by atoms with Crippen LogP contribution in [-0.4, -0.2) is 55.0 Å². The third kappa shape index (κ3) is 3.83. The first-order valence-corrected chi connectivity index (χ1v) is 11.9. The Hall–Kier alpha value is -2.34. The quantitative estimate of drug-likeness (QED) is 0.685. The van der Waals surface area contributed by atoms with E-state index in [2.05, 4.69) is 25.8 Å². The van der Waals surface area contributed by atoms with Crippen LogP contribution in [-0.2, 0) is 17.6 Å². The monoisotopic (exact) mass is 438 g/mol. The Balaban J connectivity index is 1.35. The van der Waals surface area contributed by atoms with Crippen molar-refractivity contribution in [2.45, 2.75) is 59.0 Å². The van der Waals surface area contributed by atoms with Crippen molar-refractivity contribution in [2.24, 2.45) is 10.8 Å². The Bertz CT molecular complexity index is 1100. The Labute approximate surface area is 189 Å². The highest BCUT2D eigenvalue weighted by atomic mass is 16.5. The average Bonchev–Trinajstić information content (AvgIpc) is 2.71. The minimum atomic E-state index is -0.597. The molecule has 0 radical (unpaired) electrons. The second-order valence-electron chi connectivity index (χ2n) is 11.1. The molecule has 3 aliphatic rings. The maximum Gasteiger partial charge on any atom is 0.339 e. The highest BCUT2D eigenvalue weighted by molar-refractivity contribution is 5.84. The van der Waals surface area contributed by atoms with Crippen LogP contribution in [0.5, 0.6) is 5.75 Å². The molecule has 3 atom stereocenters. The summed E-state index contributed by atoms with van der Waals surface area (Å²) in [6.45, 7) is 9.94. The van der Waals surface area contributed by atoms with Gasteiger partial charge in [0.1, 0.15) is 11.3 Å². The van der Waals surface area contributed by atoms with Gasteiger partial charge in [0.15, 0.2) is 6.10 Å². The number of aryl methyl sites for hydroxylation is 1. The zero-order valence-corrected chi connectivity index (χ0v) is 19.7. The van der Waals surface area contributed by atoms with E-state index in [0.29, 0.717) is 11.3 Å². The van der Waals surface area contributed by atoms with Crippen molar-refractivity contribution in [1.29, 1.82) is 0 Å². The minimum Gasteiger partial charge on any atom is -0.481 e. The van der Waals surface area contributed by atoms with Crippen LogP contribution in [0, 0.1) is 10.8 Å². The molecule has 0 spiro atoms. The summed E-state index contributed by atoms with van der Waals surface area (Å²) >= 11 is 0. The molecule has 2 bridgehead atoms. The summed E-state index contributed by atoms with van der Waals surface area (Å²) in [6.07, 6.45) is 4.39. The summed E-state index contributed by atoms with van der Waals surface area (Å²) in [4.78, 5) is 30.2. The number of benzene rings is 1. The van der Waals surface area contributed by atoms with Crippen molar-refractivity contribution >= 4 is 16.9 Å². The molecular weight excluding hydrogens is 404 g/mol. The van der Waals surface area contributed by atoms with Crippen LogP contribution in [0.3, 0.4) is 0 Å². The van der Waals surface area contributed by atoms with Crippen molar-refractivity contribution < 1.29 is 13.9 Å². The summed E-state index contributed by atoms with van der Waals surface area (Å²) in [5.74, 6) is 0.588.